The fourth-order valence-corrected chi connectivity index (χ4v) is 2.77. The first-order chi connectivity index (χ1) is 15.6. The molecule has 0 atom stereocenters. The molecule has 1 aromatic carbocycles. The molecule has 0 aliphatic carbocycles. The van der Waals surface area contributed by atoms with Crippen molar-refractivity contribution in [2.24, 2.45) is 5.10 Å². The number of nitro benzene ring substituents is 1. The lowest BCUT2D eigenvalue weighted by Gasteiger charge is -2.01. The molecule has 0 saturated heterocycles. The number of ether oxygens (including phenoxy) is 2. The van der Waals surface area contributed by atoms with Crippen LogP contribution in [0.5, 0.6) is 11.5 Å². The molecular weight excluding hydrogens is 455 g/mol. The minimum atomic E-state index is -4.61. The summed E-state index contributed by atoms with van der Waals surface area (Å²) in [5.74, 6) is -1.09. The summed E-state index contributed by atoms with van der Waals surface area (Å²) in [5.41, 5.74) is 0.893. The molecule has 16 heteroatoms. The molecule has 0 radical (unpaired) electrons. The highest BCUT2D eigenvalue weighted by Crippen LogP contribution is 2.37. The SMILES string of the molecule is Cc1cc(C(F)(F)F)nn1Cc1noc(C(=O)N/N=C/c2cc3c(cc2[N+](=O)[O-])OCO3)n1. The van der Waals surface area contributed by atoms with Crippen LogP contribution in [0.3, 0.4) is 0 Å². The van der Waals surface area contributed by atoms with E-state index in [0.29, 0.717) is 0 Å². The number of hydrazone groups is 1. The van der Waals surface area contributed by atoms with Gasteiger partial charge in [-0.1, -0.05) is 5.16 Å². The zero-order valence-electron chi connectivity index (χ0n) is 16.5. The molecule has 0 spiro atoms. The van der Waals surface area contributed by atoms with Crippen LogP contribution < -0.4 is 14.9 Å². The molecule has 1 amide bonds. The van der Waals surface area contributed by atoms with Gasteiger partial charge in [-0.05, 0) is 19.1 Å². The summed E-state index contributed by atoms with van der Waals surface area (Å²) in [4.78, 5) is 26.5. The van der Waals surface area contributed by atoms with E-state index in [4.69, 9.17) is 14.0 Å². The average Bonchev–Trinajstić information content (AvgIpc) is 3.47. The molecule has 0 fully saturated rings. The van der Waals surface area contributed by atoms with Gasteiger partial charge in [0.25, 0.3) is 5.69 Å². The maximum Gasteiger partial charge on any atom is 0.435 e. The second-order valence-electron chi connectivity index (χ2n) is 6.56. The Bertz CT molecular complexity index is 1270. The number of benzene rings is 1. The number of hydrogen-bond acceptors (Lipinski definition) is 10. The first-order valence-electron chi connectivity index (χ1n) is 8.97. The van der Waals surface area contributed by atoms with E-state index in [1.54, 1.807) is 0 Å². The van der Waals surface area contributed by atoms with Crippen LogP contribution in [-0.4, -0.2) is 43.8 Å². The molecule has 0 bridgehead atoms. The van der Waals surface area contributed by atoms with E-state index in [2.05, 4.69) is 25.8 Å². The molecule has 3 heterocycles. The van der Waals surface area contributed by atoms with E-state index in [1.807, 2.05) is 0 Å². The molecule has 13 nitrogen and oxygen atoms in total. The monoisotopic (exact) mass is 467 g/mol. The number of fused-ring (bicyclic) bond motifs is 1. The van der Waals surface area contributed by atoms with E-state index in [9.17, 15) is 28.1 Å². The minimum Gasteiger partial charge on any atom is -0.454 e. The Kier molecular flexibility index (Phi) is 5.40. The van der Waals surface area contributed by atoms with Crippen molar-refractivity contribution in [3.05, 3.63) is 57.0 Å². The Hall–Kier alpha value is -4.50. The zero-order valence-corrected chi connectivity index (χ0v) is 16.5. The van der Waals surface area contributed by atoms with Crippen molar-refractivity contribution in [3.8, 4) is 11.5 Å². The second kappa shape index (κ2) is 8.21. The van der Waals surface area contributed by atoms with Crippen LogP contribution in [-0.2, 0) is 12.7 Å². The van der Waals surface area contributed by atoms with Crippen LogP contribution in [0.4, 0.5) is 18.9 Å². The number of aromatic nitrogens is 4. The number of halogens is 3. The van der Waals surface area contributed by atoms with Gasteiger partial charge in [0.1, 0.15) is 6.54 Å². The molecule has 172 valence electrons. The summed E-state index contributed by atoms with van der Waals surface area (Å²) < 4.78 is 54.3. The number of hydrogen-bond donors (Lipinski definition) is 1. The smallest absolute Gasteiger partial charge is 0.435 e. The lowest BCUT2D eigenvalue weighted by Crippen LogP contribution is -2.18. The number of nitrogens with one attached hydrogen (secondary N) is 1. The standard InChI is InChI=1S/C17H12F3N7O6/c1-8-2-13(17(18,19)20)24-26(8)6-14-22-16(33-25-14)15(28)23-21-5-9-3-11-12(32-7-31-11)4-10(9)27(29)30/h2-5H,6-7H2,1H3,(H,23,28)/b21-5+. The van der Waals surface area contributed by atoms with Crippen LogP contribution in [0.2, 0.25) is 0 Å². The van der Waals surface area contributed by atoms with E-state index >= 15 is 0 Å². The van der Waals surface area contributed by atoms with Gasteiger partial charge in [-0.3, -0.25) is 19.6 Å². The number of nitro groups is 1. The molecule has 4 rings (SSSR count). The normalized spacial score (nSPS) is 13.0. The first-order valence-corrected chi connectivity index (χ1v) is 8.97. The maximum absolute atomic E-state index is 12.8. The predicted octanol–water partition coefficient (Wildman–Crippen LogP) is 2.04. The van der Waals surface area contributed by atoms with Gasteiger partial charge in [0.05, 0.1) is 22.8 Å². The van der Waals surface area contributed by atoms with Crippen molar-refractivity contribution in [3.63, 3.8) is 0 Å². The van der Waals surface area contributed by atoms with Crippen LogP contribution in [0, 0.1) is 17.0 Å². The number of amides is 1. The highest BCUT2D eigenvalue weighted by molar-refractivity contribution is 5.92. The average molecular weight is 467 g/mol. The molecule has 1 aliphatic heterocycles. The number of aryl methyl sites for hydroxylation is 1. The van der Waals surface area contributed by atoms with Crippen LogP contribution in [0.15, 0.2) is 27.8 Å². The summed E-state index contributed by atoms with van der Waals surface area (Å²) in [6, 6.07) is 3.34. The van der Waals surface area contributed by atoms with Gasteiger partial charge in [-0.2, -0.15) is 28.4 Å². The molecular formula is C17H12F3N7O6. The first kappa shape index (κ1) is 21.7. The summed E-state index contributed by atoms with van der Waals surface area (Å²) in [6.45, 7) is 1.06. The maximum atomic E-state index is 12.8. The van der Waals surface area contributed by atoms with E-state index < -0.39 is 28.6 Å². The van der Waals surface area contributed by atoms with Gasteiger partial charge < -0.3 is 14.0 Å². The van der Waals surface area contributed by atoms with Gasteiger partial charge in [0.15, 0.2) is 23.0 Å². The zero-order chi connectivity index (χ0) is 23.8. The molecule has 33 heavy (non-hydrogen) atoms. The highest BCUT2D eigenvalue weighted by atomic mass is 19.4. The van der Waals surface area contributed by atoms with Gasteiger partial charge >= 0.3 is 18.0 Å². The van der Waals surface area contributed by atoms with Crippen molar-refractivity contribution < 1.29 is 36.9 Å². The van der Waals surface area contributed by atoms with Crippen LogP contribution in [0.25, 0.3) is 0 Å². The molecule has 0 unspecified atom stereocenters. The van der Waals surface area contributed by atoms with Gasteiger partial charge in [-0.25, -0.2) is 5.43 Å². The van der Waals surface area contributed by atoms with Crippen molar-refractivity contribution in [2.75, 3.05) is 6.79 Å². The third-order valence-corrected chi connectivity index (χ3v) is 4.31. The number of carbonyl (C=O) groups is 1. The third kappa shape index (κ3) is 4.58. The summed E-state index contributed by atoms with van der Waals surface area (Å²) in [5, 5.41) is 21.8. The van der Waals surface area contributed by atoms with Gasteiger partial charge in [0.2, 0.25) is 6.79 Å². The molecule has 1 N–H and O–H groups in total. The quantitative estimate of drug-likeness (QED) is 0.325. The number of alkyl halides is 3. The second-order valence-corrected chi connectivity index (χ2v) is 6.56. The predicted molar refractivity (Wildman–Crippen MR) is 99.6 cm³/mol. The summed E-state index contributed by atoms with van der Waals surface area (Å²) >= 11 is 0. The molecule has 0 saturated carbocycles. The summed E-state index contributed by atoms with van der Waals surface area (Å²) in [7, 11) is 0. The minimum absolute atomic E-state index is 0.0328. The topological polar surface area (TPSA) is 160 Å². The highest BCUT2D eigenvalue weighted by Gasteiger charge is 2.34. The van der Waals surface area contributed by atoms with E-state index in [1.165, 1.54) is 13.0 Å². The number of carbonyl (C=O) groups excluding carboxylic acids is 1. The third-order valence-electron chi connectivity index (χ3n) is 4.31. The van der Waals surface area contributed by atoms with Crippen LogP contribution in [0.1, 0.15) is 33.5 Å². The van der Waals surface area contributed by atoms with Crippen molar-refractivity contribution in [1.29, 1.82) is 0 Å². The number of rotatable bonds is 6. The largest absolute Gasteiger partial charge is 0.454 e. The molecule has 2 aromatic heterocycles. The Morgan fingerprint density at radius 2 is 2.06 bits per heavy atom. The summed E-state index contributed by atoms with van der Waals surface area (Å²) in [6.07, 6.45) is -3.59. The lowest BCUT2D eigenvalue weighted by atomic mass is 10.1. The molecule has 1 aliphatic rings. The van der Waals surface area contributed by atoms with Crippen molar-refractivity contribution in [1.82, 2.24) is 25.3 Å². The Balaban J connectivity index is 1.43. The van der Waals surface area contributed by atoms with E-state index in [-0.39, 0.29) is 47.6 Å². The van der Waals surface area contributed by atoms with E-state index in [0.717, 1.165) is 23.0 Å². The Morgan fingerprint density at radius 1 is 1.33 bits per heavy atom. The lowest BCUT2D eigenvalue weighted by molar-refractivity contribution is -0.385. The fourth-order valence-electron chi connectivity index (χ4n) is 2.77. The van der Waals surface area contributed by atoms with Crippen molar-refractivity contribution in [2.45, 2.75) is 19.6 Å². The van der Waals surface area contributed by atoms with Crippen molar-refractivity contribution >= 4 is 17.8 Å². The Morgan fingerprint density at radius 3 is 2.73 bits per heavy atom. The van der Waals surface area contributed by atoms with Gasteiger partial charge in [0, 0.05) is 5.69 Å². The molecule has 3 aromatic rings. The van der Waals surface area contributed by atoms with Gasteiger partial charge in [-0.15, -0.1) is 0 Å². The Labute approximate surface area is 180 Å². The fraction of sp³-hybridized carbons (Fsp3) is 0.235. The number of nitrogens with zero attached hydrogens (tertiary/aromatic N) is 6. The van der Waals surface area contributed by atoms with Crippen LogP contribution >= 0.6 is 0 Å².